The van der Waals surface area contributed by atoms with E-state index < -0.39 is 24.6 Å². The van der Waals surface area contributed by atoms with Gasteiger partial charge < -0.3 is 19.5 Å². The van der Waals surface area contributed by atoms with Gasteiger partial charge in [-0.2, -0.15) is 0 Å². The summed E-state index contributed by atoms with van der Waals surface area (Å²) in [5.41, 5.74) is 0.627. The fourth-order valence-corrected chi connectivity index (χ4v) is 2.74. The first-order valence-electron chi connectivity index (χ1n) is 8.31. The van der Waals surface area contributed by atoms with Gasteiger partial charge in [0.05, 0.1) is 6.04 Å². The lowest BCUT2D eigenvalue weighted by molar-refractivity contribution is -0.274. The maximum atomic E-state index is 12.6. The molecule has 1 amide bonds. The van der Waals surface area contributed by atoms with Gasteiger partial charge >= 0.3 is 6.36 Å². The monoisotopic (exact) mass is 381 g/mol. The van der Waals surface area contributed by atoms with E-state index in [9.17, 15) is 18.0 Å². The van der Waals surface area contributed by atoms with Crippen molar-refractivity contribution in [2.24, 2.45) is 0 Å². The zero-order valence-electron chi connectivity index (χ0n) is 14.6. The molecule has 0 aliphatic carbocycles. The van der Waals surface area contributed by atoms with Crippen LogP contribution in [0.2, 0.25) is 0 Å². The highest BCUT2D eigenvalue weighted by Gasteiger charge is 2.35. The third-order valence-electron chi connectivity index (χ3n) is 4.07. The minimum Gasteiger partial charge on any atom is -0.482 e. The van der Waals surface area contributed by atoms with E-state index in [1.807, 2.05) is 6.07 Å². The fourth-order valence-electron chi connectivity index (χ4n) is 2.74. The molecule has 27 heavy (non-hydrogen) atoms. The Balaban J connectivity index is 1.64. The third kappa shape index (κ3) is 4.64. The molecule has 0 spiro atoms. The number of carbonyl (C=O) groups excluding carboxylic acids is 1. The molecule has 0 fully saturated rings. The summed E-state index contributed by atoms with van der Waals surface area (Å²) in [4.78, 5) is 12.6. The Morgan fingerprint density at radius 3 is 2.26 bits per heavy atom. The molecule has 144 valence electrons. The average Bonchev–Trinajstić information content (AvgIpc) is 2.60. The van der Waals surface area contributed by atoms with Crippen molar-refractivity contribution in [2.75, 3.05) is 0 Å². The van der Waals surface area contributed by atoms with Crippen molar-refractivity contribution >= 4 is 5.91 Å². The van der Waals surface area contributed by atoms with E-state index in [1.165, 1.54) is 24.3 Å². The number of alkyl halides is 3. The summed E-state index contributed by atoms with van der Waals surface area (Å²) >= 11 is 0. The summed E-state index contributed by atoms with van der Waals surface area (Å²) in [6, 6.07) is 11.9. The quantitative estimate of drug-likeness (QED) is 0.870. The zero-order chi connectivity index (χ0) is 19.6. The van der Waals surface area contributed by atoms with E-state index >= 15 is 0 Å². The van der Waals surface area contributed by atoms with Crippen molar-refractivity contribution < 1.29 is 32.2 Å². The second-order valence-corrected chi connectivity index (χ2v) is 6.16. The molecule has 0 saturated heterocycles. The van der Waals surface area contributed by atoms with Crippen LogP contribution in [-0.4, -0.2) is 24.5 Å². The van der Waals surface area contributed by atoms with Gasteiger partial charge in [-0.3, -0.25) is 4.79 Å². The van der Waals surface area contributed by atoms with Gasteiger partial charge in [-0.15, -0.1) is 13.2 Å². The molecular formula is C19H18F3NO4. The maximum absolute atomic E-state index is 12.6. The number of benzene rings is 2. The SMILES string of the molecule is CC(NC(=O)C1Oc2ccccc2OC1C)c1ccc(OC(F)(F)F)cc1. The standard InChI is InChI=1S/C19H18F3NO4/c1-11(13-7-9-14(10-8-13)27-19(20,21)22)23-18(24)17-12(2)25-15-5-3-4-6-16(15)26-17/h3-12,17H,1-2H3,(H,23,24). The summed E-state index contributed by atoms with van der Waals surface area (Å²) in [6.07, 6.45) is -6.07. The molecule has 1 aliphatic rings. The van der Waals surface area contributed by atoms with Crippen LogP contribution >= 0.6 is 0 Å². The first-order chi connectivity index (χ1) is 12.7. The van der Waals surface area contributed by atoms with Gasteiger partial charge in [-0.1, -0.05) is 24.3 Å². The zero-order valence-corrected chi connectivity index (χ0v) is 14.6. The molecule has 0 bridgehead atoms. The highest BCUT2D eigenvalue weighted by Crippen LogP contribution is 2.33. The van der Waals surface area contributed by atoms with Crippen LogP contribution in [-0.2, 0) is 4.79 Å². The van der Waals surface area contributed by atoms with Crippen LogP contribution in [0.3, 0.4) is 0 Å². The van der Waals surface area contributed by atoms with E-state index in [-0.39, 0.29) is 11.7 Å². The van der Waals surface area contributed by atoms with Crippen LogP contribution in [0.15, 0.2) is 48.5 Å². The molecule has 1 N–H and O–H groups in total. The number of ether oxygens (including phenoxy) is 3. The lowest BCUT2D eigenvalue weighted by Crippen LogP contribution is -2.49. The van der Waals surface area contributed by atoms with Gasteiger partial charge in [-0.05, 0) is 43.7 Å². The average molecular weight is 381 g/mol. The molecule has 3 unspecified atom stereocenters. The van der Waals surface area contributed by atoms with Crippen LogP contribution in [0.25, 0.3) is 0 Å². The number of fused-ring (bicyclic) bond motifs is 1. The molecule has 3 rings (SSSR count). The van der Waals surface area contributed by atoms with Crippen molar-refractivity contribution in [3.05, 3.63) is 54.1 Å². The largest absolute Gasteiger partial charge is 0.573 e. The number of nitrogens with one attached hydrogen (secondary N) is 1. The van der Waals surface area contributed by atoms with E-state index in [4.69, 9.17) is 9.47 Å². The van der Waals surface area contributed by atoms with Crippen molar-refractivity contribution in [3.8, 4) is 17.2 Å². The Kier molecular flexibility index (Phi) is 5.16. The van der Waals surface area contributed by atoms with Gasteiger partial charge in [0.25, 0.3) is 5.91 Å². The molecule has 1 heterocycles. The van der Waals surface area contributed by atoms with Crippen LogP contribution < -0.4 is 19.5 Å². The first-order valence-corrected chi connectivity index (χ1v) is 8.31. The normalized spacial score (nSPS) is 19.9. The van der Waals surface area contributed by atoms with Crippen LogP contribution in [0.4, 0.5) is 13.2 Å². The lowest BCUT2D eigenvalue weighted by atomic mass is 10.1. The molecule has 8 heteroatoms. The minimum absolute atomic E-state index is 0.320. The van der Waals surface area contributed by atoms with E-state index in [0.717, 1.165) is 0 Å². The van der Waals surface area contributed by atoms with Crippen molar-refractivity contribution in [1.29, 1.82) is 0 Å². The lowest BCUT2D eigenvalue weighted by Gasteiger charge is -2.31. The molecule has 1 aliphatic heterocycles. The van der Waals surface area contributed by atoms with E-state index in [0.29, 0.717) is 17.1 Å². The van der Waals surface area contributed by atoms with Crippen molar-refractivity contribution in [2.45, 2.75) is 38.5 Å². The molecule has 2 aromatic rings. The van der Waals surface area contributed by atoms with E-state index in [2.05, 4.69) is 10.1 Å². The fraction of sp³-hybridized carbons (Fsp3) is 0.316. The van der Waals surface area contributed by atoms with Crippen molar-refractivity contribution in [1.82, 2.24) is 5.32 Å². The Bertz CT molecular complexity index is 807. The molecule has 0 radical (unpaired) electrons. The molecular weight excluding hydrogens is 363 g/mol. The molecule has 5 nitrogen and oxygen atoms in total. The number of para-hydroxylation sites is 2. The summed E-state index contributed by atoms with van der Waals surface area (Å²) in [5.74, 6) is 0.360. The highest BCUT2D eigenvalue weighted by atomic mass is 19.4. The Labute approximate surface area is 154 Å². The second-order valence-electron chi connectivity index (χ2n) is 6.16. The highest BCUT2D eigenvalue weighted by molar-refractivity contribution is 5.82. The first kappa shape index (κ1) is 18.9. The van der Waals surface area contributed by atoms with Gasteiger partial charge in [0.2, 0.25) is 6.10 Å². The number of halogens is 3. The van der Waals surface area contributed by atoms with Gasteiger partial charge in [-0.25, -0.2) is 0 Å². The van der Waals surface area contributed by atoms with Gasteiger partial charge in [0.15, 0.2) is 11.5 Å². The Morgan fingerprint density at radius 1 is 1.07 bits per heavy atom. The number of carbonyl (C=O) groups is 1. The topological polar surface area (TPSA) is 56.8 Å². The summed E-state index contributed by atoms with van der Waals surface area (Å²) in [6.45, 7) is 3.45. The van der Waals surface area contributed by atoms with Gasteiger partial charge in [0.1, 0.15) is 11.9 Å². The number of hydrogen-bond donors (Lipinski definition) is 1. The summed E-state index contributed by atoms with van der Waals surface area (Å²) in [5, 5.41) is 2.79. The molecule has 0 saturated carbocycles. The molecule has 0 aromatic heterocycles. The smallest absolute Gasteiger partial charge is 0.482 e. The summed E-state index contributed by atoms with van der Waals surface area (Å²) < 4.78 is 51.9. The minimum atomic E-state index is -4.74. The van der Waals surface area contributed by atoms with E-state index in [1.54, 1.807) is 32.0 Å². The third-order valence-corrected chi connectivity index (χ3v) is 4.07. The second kappa shape index (κ2) is 7.38. The predicted octanol–water partition coefficient (Wildman–Crippen LogP) is 3.99. The van der Waals surface area contributed by atoms with Gasteiger partial charge in [0, 0.05) is 0 Å². The maximum Gasteiger partial charge on any atom is 0.573 e. The number of hydrogen-bond acceptors (Lipinski definition) is 4. The van der Waals surface area contributed by atoms with Crippen LogP contribution in [0.1, 0.15) is 25.5 Å². The van der Waals surface area contributed by atoms with Crippen molar-refractivity contribution in [3.63, 3.8) is 0 Å². The Hall–Kier alpha value is -2.90. The summed E-state index contributed by atoms with van der Waals surface area (Å²) in [7, 11) is 0. The van der Waals surface area contributed by atoms with Crippen LogP contribution in [0.5, 0.6) is 17.2 Å². The number of rotatable bonds is 4. The van der Waals surface area contributed by atoms with Crippen LogP contribution in [0, 0.1) is 0 Å². The number of amides is 1. The Morgan fingerprint density at radius 2 is 1.67 bits per heavy atom. The molecule has 2 aromatic carbocycles. The predicted molar refractivity (Wildman–Crippen MR) is 90.6 cm³/mol. The molecule has 3 atom stereocenters.